The maximum atomic E-state index is 12.8. The molecule has 0 bridgehead atoms. The average molecular weight is 418 g/mol. The van der Waals surface area contributed by atoms with Crippen molar-refractivity contribution in [3.63, 3.8) is 0 Å². The number of benzene rings is 2. The summed E-state index contributed by atoms with van der Waals surface area (Å²) in [6, 6.07) is 10.8. The molecule has 1 aromatic heterocycles. The van der Waals surface area contributed by atoms with Gasteiger partial charge < -0.3 is 0 Å². The number of carbonyl (C=O) groups excluding carboxylic acids is 2. The number of nitrogens with zero attached hydrogens (tertiary/aromatic N) is 2. The third kappa shape index (κ3) is 4.48. The second-order valence-electron chi connectivity index (χ2n) is 6.39. The van der Waals surface area contributed by atoms with Crippen LogP contribution in [0.5, 0.6) is 0 Å². The van der Waals surface area contributed by atoms with Crippen LogP contribution >= 0.6 is 0 Å². The lowest BCUT2D eigenvalue weighted by Gasteiger charge is -2.11. The molecular formula is C20H17F3N4O3. The standard InChI is InChI=1S/C20H17F3N4O3/c1-2-27-19(30)15-9-4-3-8-14(15)17(26-27)18(29)25-24-16(28)11-12-6-5-7-13(10-12)20(21,22)23/h3-10H,2,11H2,1H3,(H,24,28)(H,25,29). The maximum absolute atomic E-state index is 12.8. The molecule has 30 heavy (non-hydrogen) atoms. The van der Waals surface area contributed by atoms with E-state index in [0.29, 0.717) is 10.8 Å². The van der Waals surface area contributed by atoms with Crippen LogP contribution in [0.4, 0.5) is 13.2 Å². The number of halogens is 3. The Morgan fingerprint density at radius 2 is 1.73 bits per heavy atom. The molecule has 0 radical (unpaired) electrons. The van der Waals surface area contributed by atoms with Gasteiger partial charge >= 0.3 is 6.18 Å². The first-order valence-corrected chi connectivity index (χ1v) is 8.96. The summed E-state index contributed by atoms with van der Waals surface area (Å²) in [5.41, 5.74) is 3.21. The van der Waals surface area contributed by atoms with Crippen LogP contribution in [0, 0.1) is 0 Å². The lowest BCUT2D eigenvalue weighted by Crippen LogP contribution is -2.43. The van der Waals surface area contributed by atoms with E-state index in [1.165, 1.54) is 12.1 Å². The number of hydrogen-bond acceptors (Lipinski definition) is 4. The van der Waals surface area contributed by atoms with Crippen LogP contribution in [0.3, 0.4) is 0 Å². The van der Waals surface area contributed by atoms with Gasteiger partial charge in [0.1, 0.15) is 0 Å². The zero-order valence-corrected chi connectivity index (χ0v) is 15.8. The highest BCUT2D eigenvalue weighted by Crippen LogP contribution is 2.29. The Hall–Kier alpha value is -3.69. The highest BCUT2D eigenvalue weighted by molar-refractivity contribution is 6.05. The minimum atomic E-state index is -4.52. The van der Waals surface area contributed by atoms with Crippen molar-refractivity contribution in [1.82, 2.24) is 20.6 Å². The van der Waals surface area contributed by atoms with Gasteiger partial charge in [0.25, 0.3) is 11.5 Å². The molecule has 0 unspecified atom stereocenters. The van der Waals surface area contributed by atoms with Crippen LogP contribution in [0.2, 0.25) is 0 Å². The van der Waals surface area contributed by atoms with E-state index in [1.807, 2.05) is 0 Å². The predicted molar refractivity (Wildman–Crippen MR) is 102 cm³/mol. The molecule has 3 aromatic rings. The van der Waals surface area contributed by atoms with E-state index in [-0.39, 0.29) is 29.8 Å². The second kappa shape index (κ2) is 8.36. The number of nitrogens with one attached hydrogen (secondary N) is 2. The molecule has 0 spiro atoms. The number of aromatic nitrogens is 2. The third-order valence-corrected chi connectivity index (χ3v) is 4.32. The average Bonchev–Trinajstić information content (AvgIpc) is 2.72. The van der Waals surface area contributed by atoms with E-state index >= 15 is 0 Å². The van der Waals surface area contributed by atoms with Crippen molar-refractivity contribution in [2.24, 2.45) is 0 Å². The molecule has 156 valence electrons. The van der Waals surface area contributed by atoms with Gasteiger partial charge in [0, 0.05) is 11.9 Å². The lowest BCUT2D eigenvalue weighted by atomic mass is 10.1. The molecule has 0 saturated carbocycles. The fourth-order valence-electron chi connectivity index (χ4n) is 2.89. The Morgan fingerprint density at radius 3 is 2.40 bits per heavy atom. The number of alkyl halides is 3. The lowest BCUT2D eigenvalue weighted by molar-refractivity contribution is -0.137. The molecular weight excluding hydrogens is 401 g/mol. The van der Waals surface area contributed by atoms with Gasteiger partial charge in [-0.05, 0) is 24.6 Å². The summed E-state index contributed by atoms with van der Waals surface area (Å²) in [6.07, 6.45) is -4.89. The molecule has 1 heterocycles. The van der Waals surface area contributed by atoms with Crippen LogP contribution in [0.15, 0.2) is 53.3 Å². The van der Waals surface area contributed by atoms with E-state index in [0.717, 1.165) is 16.8 Å². The Labute approximate surface area is 168 Å². The summed E-state index contributed by atoms with van der Waals surface area (Å²) in [6.45, 7) is 1.94. The fraction of sp³-hybridized carbons (Fsp3) is 0.200. The maximum Gasteiger partial charge on any atom is 0.416 e. The monoisotopic (exact) mass is 418 g/mol. The first kappa shape index (κ1) is 21.0. The van der Waals surface area contributed by atoms with Gasteiger partial charge in [-0.25, -0.2) is 4.68 Å². The van der Waals surface area contributed by atoms with E-state index in [9.17, 15) is 27.6 Å². The quantitative estimate of drug-likeness (QED) is 0.637. The van der Waals surface area contributed by atoms with Crippen LogP contribution in [0.1, 0.15) is 28.5 Å². The number of carbonyl (C=O) groups is 2. The first-order valence-electron chi connectivity index (χ1n) is 8.96. The zero-order chi connectivity index (χ0) is 21.9. The Kier molecular flexibility index (Phi) is 5.86. The van der Waals surface area contributed by atoms with Crippen molar-refractivity contribution < 1.29 is 22.8 Å². The van der Waals surface area contributed by atoms with Crippen molar-refractivity contribution in [3.8, 4) is 0 Å². The van der Waals surface area contributed by atoms with Gasteiger partial charge in [-0.1, -0.05) is 36.4 Å². The third-order valence-electron chi connectivity index (χ3n) is 4.32. The molecule has 2 aromatic carbocycles. The zero-order valence-electron chi connectivity index (χ0n) is 15.8. The van der Waals surface area contributed by atoms with Crippen LogP contribution in [-0.4, -0.2) is 21.6 Å². The number of amides is 2. The van der Waals surface area contributed by atoms with Crippen molar-refractivity contribution in [2.45, 2.75) is 26.1 Å². The van der Waals surface area contributed by atoms with E-state index in [1.54, 1.807) is 31.2 Å². The Balaban J connectivity index is 1.74. The predicted octanol–water partition coefficient (Wildman–Crippen LogP) is 2.44. The topological polar surface area (TPSA) is 93.1 Å². The number of hydrogen-bond donors (Lipinski definition) is 2. The summed E-state index contributed by atoms with van der Waals surface area (Å²) in [4.78, 5) is 36.9. The van der Waals surface area contributed by atoms with Crippen molar-refractivity contribution in [2.75, 3.05) is 0 Å². The Bertz CT molecular complexity index is 1170. The first-order chi connectivity index (χ1) is 14.2. The molecule has 7 nitrogen and oxygen atoms in total. The van der Waals surface area contributed by atoms with Gasteiger partial charge in [0.2, 0.25) is 5.91 Å². The SMILES string of the molecule is CCn1nc(C(=O)NNC(=O)Cc2cccc(C(F)(F)F)c2)c2ccccc2c1=O. The minimum Gasteiger partial charge on any atom is -0.273 e. The molecule has 0 atom stereocenters. The summed E-state index contributed by atoms with van der Waals surface area (Å²) < 4.78 is 39.5. The van der Waals surface area contributed by atoms with Crippen LogP contribution in [0.25, 0.3) is 10.8 Å². The summed E-state index contributed by atoms with van der Waals surface area (Å²) >= 11 is 0. The Morgan fingerprint density at radius 1 is 1.03 bits per heavy atom. The van der Waals surface area contributed by atoms with Gasteiger partial charge in [-0.2, -0.15) is 18.3 Å². The second-order valence-corrected chi connectivity index (χ2v) is 6.39. The van der Waals surface area contributed by atoms with Gasteiger partial charge in [0.05, 0.1) is 17.4 Å². The minimum absolute atomic E-state index is 0.0635. The highest BCUT2D eigenvalue weighted by Gasteiger charge is 2.30. The van der Waals surface area contributed by atoms with Gasteiger partial charge in [-0.15, -0.1) is 0 Å². The largest absolute Gasteiger partial charge is 0.416 e. The van der Waals surface area contributed by atoms with Crippen molar-refractivity contribution >= 4 is 22.6 Å². The molecule has 0 aliphatic carbocycles. The van der Waals surface area contributed by atoms with Crippen molar-refractivity contribution in [3.05, 3.63) is 75.7 Å². The fourth-order valence-corrected chi connectivity index (χ4v) is 2.89. The van der Waals surface area contributed by atoms with E-state index < -0.39 is 23.6 Å². The number of hydrazine groups is 1. The van der Waals surface area contributed by atoms with Gasteiger partial charge in [-0.3, -0.25) is 25.2 Å². The number of fused-ring (bicyclic) bond motifs is 1. The summed E-state index contributed by atoms with van der Waals surface area (Å²) in [5.74, 6) is -1.47. The number of aryl methyl sites for hydroxylation is 1. The molecule has 0 aliphatic rings. The molecule has 0 aliphatic heterocycles. The van der Waals surface area contributed by atoms with E-state index in [2.05, 4.69) is 16.0 Å². The van der Waals surface area contributed by atoms with Crippen molar-refractivity contribution in [1.29, 1.82) is 0 Å². The highest BCUT2D eigenvalue weighted by atomic mass is 19.4. The van der Waals surface area contributed by atoms with E-state index in [4.69, 9.17) is 0 Å². The smallest absolute Gasteiger partial charge is 0.273 e. The van der Waals surface area contributed by atoms with Crippen LogP contribution in [-0.2, 0) is 23.9 Å². The summed E-state index contributed by atoms with van der Waals surface area (Å²) in [7, 11) is 0. The summed E-state index contributed by atoms with van der Waals surface area (Å²) in [5, 5.41) is 4.65. The molecule has 0 saturated heterocycles. The van der Waals surface area contributed by atoms with Crippen LogP contribution < -0.4 is 16.4 Å². The molecule has 2 N–H and O–H groups in total. The van der Waals surface area contributed by atoms with Gasteiger partial charge in [0.15, 0.2) is 5.69 Å². The molecule has 0 fully saturated rings. The normalized spacial score (nSPS) is 11.3. The number of rotatable bonds is 4. The molecule has 2 amide bonds. The molecule has 10 heteroatoms. The molecule has 3 rings (SSSR count).